The van der Waals surface area contributed by atoms with Gasteiger partial charge < -0.3 is 5.11 Å². The highest BCUT2D eigenvalue weighted by Crippen LogP contribution is 2.59. The SMILES string of the molecule is O=C(O)c1ccnc(C2C3CC4CC(C3)CC2C4)c1. The van der Waals surface area contributed by atoms with E-state index in [4.69, 9.17) is 5.11 Å². The minimum atomic E-state index is -0.840. The van der Waals surface area contributed by atoms with E-state index in [1.54, 1.807) is 12.3 Å². The number of rotatable bonds is 2. The maximum absolute atomic E-state index is 11.1. The van der Waals surface area contributed by atoms with Crippen molar-refractivity contribution in [2.75, 3.05) is 0 Å². The molecule has 4 aliphatic rings. The first-order valence-corrected chi connectivity index (χ1v) is 7.40. The Morgan fingerprint density at radius 1 is 1.11 bits per heavy atom. The Bertz CT molecular complexity index is 497. The molecule has 0 radical (unpaired) electrons. The zero-order valence-electron chi connectivity index (χ0n) is 11.0. The van der Waals surface area contributed by atoms with E-state index in [1.165, 1.54) is 32.1 Å². The summed E-state index contributed by atoms with van der Waals surface area (Å²) in [6.45, 7) is 0. The van der Waals surface area contributed by atoms with Crippen molar-refractivity contribution in [1.29, 1.82) is 0 Å². The molecule has 3 heteroatoms. The zero-order valence-corrected chi connectivity index (χ0v) is 11.0. The smallest absolute Gasteiger partial charge is 0.335 e. The average molecular weight is 257 g/mol. The van der Waals surface area contributed by atoms with Crippen LogP contribution in [0.3, 0.4) is 0 Å². The van der Waals surface area contributed by atoms with E-state index in [0.717, 1.165) is 29.4 Å². The topological polar surface area (TPSA) is 50.2 Å². The fourth-order valence-electron chi connectivity index (χ4n) is 5.17. The molecule has 3 nitrogen and oxygen atoms in total. The molecule has 0 unspecified atom stereocenters. The Balaban J connectivity index is 1.69. The number of aromatic carboxylic acids is 1. The summed E-state index contributed by atoms with van der Waals surface area (Å²) < 4.78 is 0. The lowest BCUT2D eigenvalue weighted by atomic mass is 9.51. The van der Waals surface area contributed by atoms with Crippen LogP contribution in [0.25, 0.3) is 0 Å². The summed E-state index contributed by atoms with van der Waals surface area (Å²) in [7, 11) is 0. The Kier molecular flexibility index (Phi) is 2.44. The van der Waals surface area contributed by atoms with Gasteiger partial charge in [0.05, 0.1) is 5.56 Å². The van der Waals surface area contributed by atoms with Crippen LogP contribution in [0.4, 0.5) is 0 Å². The van der Waals surface area contributed by atoms with Gasteiger partial charge in [0.2, 0.25) is 0 Å². The molecule has 0 amide bonds. The molecular weight excluding hydrogens is 238 g/mol. The molecule has 19 heavy (non-hydrogen) atoms. The Morgan fingerprint density at radius 3 is 2.32 bits per heavy atom. The van der Waals surface area contributed by atoms with Gasteiger partial charge in [-0.3, -0.25) is 4.98 Å². The molecule has 1 N–H and O–H groups in total. The van der Waals surface area contributed by atoms with Crippen LogP contribution in [0.1, 0.15) is 54.1 Å². The number of carbonyl (C=O) groups is 1. The predicted octanol–water partition coefficient (Wildman–Crippen LogP) is 3.32. The third-order valence-electron chi connectivity index (χ3n) is 5.60. The van der Waals surface area contributed by atoms with Crippen molar-refractivity contribution < 1.29 is 9.90 Å². The summed E-state index contributed by atoms with van der Waals surface area (Å²) in [5.41, 5.74) is 1.42. The highest BCUT2D eigenvalue weighted by molar-refractivity contribution is 5.87. The van der Waals surface area contributed by atoms with Crippen LogP contribution in [0, 0.1) is 23.7 Å². The molecule has 0 saturated heterocycles. The molecule has 5 rings (SSSR count). The molecule has 1 heterocycles. The quantitative estimate of drug-likeness (QED) is 0.884. The molecule has 4 bridgehead atoms. The minimum absolute atomic E-state index is 0.388. The molecule has 0 atom stereocenters. The molecule has 100 valence electrons. The third kappa shape index (κ3) is 1.78. The van der Waals surface area contributed by atoms with Crippen LogP contribution in [-0.4, -0.2) is 16.1 Å². The second kappa shape index (κ2) is 4.06. The fraction of sp³-hybridized carbons (Fsp3) is 0.625. The van der Waals surface area contributed by atoms with E-state index in [0.29, 0.717) is 11.5 Å². The van der Waals surface area contributed by atoms with Crippen LogP contribution >= 0.6 is 0 Å². The summed E-state index contributed by atoms with van der Waals surface area (Å²) in [6.07, 6.45) is 8.49. The zero-order chi connectivity index (χ0) is 13.0. The van der Waals surface area contributed by atoms with Gasteiger partial charge in [-0.2, -0.15) is 0 Å². The van der Waals surface area contributed by atoms with E-state index >= 15 is 0 Å². The molecule has 4 saturated carbocycles. The lowest BCUT2D eigenvalue weighted by molar-refractivity contribution is -0.00419. The first-order valence-electron chi connectivity index (χ1n) is 7.40. The van der Waals surface area contributed by atoms with Crippen molar-refractivity contribution in [1.82, 2.24) is 4.98 Å². The Morgan fingerprint density at radius 2 is 1.74 bits per heavy atom. The molecule has 0 aromatic carbocycles. The van der Waals surface area contributed by atoms with E-state index in [2.05, 4.69) is 4.98 Å². The second-order valence-electron chi connectivity index (χ2n) is 6.73. The van der Waals surface area contributed by atoms with Crippen molar-refractivity contribution >= 4 is 5.97 Å². The van der Waals surface area contributed by atoms with Crippen LogP contribution in [-0.2, 0) is 0 Å². The molecule has 4 aliphatic carbocycles. The normalized spacial score (nSPS) is 39.5. The number of hydrogen-bond donors (Lipinski definition) is 1. The van der Waals surface area contributed by atoms with Gasteiger partial charge in [0, 0.05) is 17.8 Å². The van der Waals surface area contributed by atoms with Crippen molar-refractivity contribution in [2.24, 2.45) is 23.7 Å². The third-order valence-corrected chi connectivity index (χ3v) is 5.60. The van der Waals surface area contributed by atoms with Gasteiger partial charge in [0.1, 0.15) is 0 Å². The highest BCUT2D eigenvalue weighted by atomic mass is 16.4. The summed E-state index contributed by atoms with van der Waals surface area (Å²) in [6, 6.07) is 3.41. The second-order valence-corrected chi connectivity index (χ2v) is 6.73. The van der Waals surface area contributed by atoms with Gasteiger partial charge in [0.25, 0.3) is 0 Å². The van der Waals surface area contributed by atoms with E-state index in [1.807, 2.05) is 6.07 Å². The first-order chi connectivity index (χ1) is 9.20. The van der Waals surface area contributed by atoms with Gasteiger partial charge in [-0.15, -0.1) is 0 Å². The number of aromatic nitrogens is 1. The lowest BCUT2D eigenvalue weighted by Gasteiger charge is -2.54. The molecule has 0 spiro atoms. The van der Waals surface area contributed by atoms with Gasteiger partial charge in [0.15, 0.2) is 0 Å². The highest BCUT2D eigenvalue weighted by Gasteiger charge is 2.49. The number of carboxylic acid groups (broad SMARTS) is 1. The van der Waals surface area contributed by atoms with Gasteiger partial charge in [-0.1, -0.05) is 0 Å². The van der Waals surface area contributed by atoms with Crippen molar-refractivity contribution in [2.45, 2.75) is 38.0 Å². The Hall–Kier alpha value is -1.38. The average Bonchev–Trinajstić information content (AvgIpc) is 2.37. The van der Waals surface area contributed by atoms with E-state index in [-0.39, 0.29) is 0 Å². The predicted molar refractivity (Wildman–Crippen MR) is 71.0 cm³/mol. The largest absolute Gasteiger partial charge is 0.478 e. The number of nitrogens with zero attached hydrogens (tertiary/aromatic N) is 1. The molecular formula is C16H19NO2. The number of hydrogen-bond acceptors (Lipinski definition) is 2. The van der Waals surface area contributed by atoms with Crippen LogP contribution in [0.15, 0.2) is 18.3 Å². The summed E-state index contributed by atoms with van der Waals surface area (Å²) in [5.74, 6) is 3.09. The van der Waals surface area contributed by atoms with Crippen LogP contribution in [0.5, 0.6) is 0 Å². The summed E-state index contributed by atoms with van der Waals surface area (Å²) >= 11 is 0. The Labute approximate surface area is 113 Å². The number of pyridine rings is 1. The minimum Gasteiger partial charge on any atom is -0.478 e. The molecule has 1 aromatic rings. The van der Waals surface area contributed by atoms with Crippen LogP contribution < -0.4 is 0 Å². The van der Waals surface area contributed by atoms with Crippen molar-refractivity contribution in [3.05, 3.63) is 29.6 Å². The monoisotopic (exact) mass is 257 g/mol. The molecule has 4 fully saturated rings. The standard InChI is InChI=1S/C16H19NO2/c18-16(19)11-1-2-17-14(8-11)15-12-4-9-3-10(6-12)7-13(15)5-9/h1-2,8-10,12-13,15H,3-7H2,(H,18,19). The van der Waals surface area contributed by atoms with Crippen LogP contribution in [0.2, 0.25) is 0 Å². The summed E-state index contributed by atoms with van der Waals surface area (Å²) in [4.78, 5) is 15.6. The van der Waals surface area contributed by atoms with Gasteiger partial charge in [-0.05, 0) is 67.9 Å². The molecule has 1 aromatic heterocycles. The fourth-order valence-corrected chi connectivity index (χ4v) is 5.17. The number of carboxylic acids is 1. The summed E-state index contributed by atoms with van der Waals surface area (Å²) in [5, 5.41) is 9.13. The van der Waals surface area contributed by atoms with Crippen molar-refractivity contribution in [3.8, 4) is 0 Å². The maximum Gasteiger partial charge on any atom is 0.335 e. The van der Waals surface area contributed by atoms with Crippen molar-refractivity contribution in [3.63, 3.8) is 0 Å². The van der Waals surface area contributed by atoms with E-state index < -0.39 is 5.97 Å². The maximum atomic E-state index is 11.1. The van der Waals surface area contributed by atoms with Gasteiger partial charge >= 0.3 is 5.97 Å². The van der Waals surface area contributed by atoms with E-state index in [9.17, 15) is 4.79 Å². The first kappa shape index (κ1) is 11.4. The lowest BCUT2D eigenvalue weighted by Crippen LogP contribution is -2.44. The molecule has 0 aliphatic heterocycles. The van der Waals surface area contributed by atoms with Gasteiger partial charge in [-0.25, -0.2) is 4.79 Å².